The van der Waals surface area contributed by atoms with Gasteiger partial charge in [0, 0.05) is 54.9 Å². The SMILES string of the molecule is O=C(NCc1cccnc1)c1ccc(-n2cccn2)c(C#Cc2cccnc2)c1. The van der Waals surface area contributed by atoms with Gasteiger partial charge in [0.25, 0.3) is 5.91 Å². The summed E-state index contributed by atoms with van der Waals surface area (Å²) in [5, 5.41) is 7.19. The van der Waals surface area contributed by atoms with E-state index >= 15 is 0 Å². The molecule has 0 unspecified atom stereocenters. The molecule has 0 aliphatic rings. The summed E-state index contributed by atoms with van der Waals surface area (Å²) in [5.74, 6) is 6.06. The quantitative estimate of drug-likeness (QED) is 0.553. The van der Waals surface area contributed by atoms with Gasteiger partial charge >= 0.3 is 0 Å². The largest absolute Gasteiger partial charge is 0.348 e. The van der Waals surface area contributed by atoms with Gasteiger partial charge in [-0.05, 0) is 48.0 Å². The van der Waals surface area contributed by atoms with Crippen molar-refractivity contribution in [2.24, 2.45) is 0 Å². The topological polar surface area (TPSA) is 72.7 Å². The molecule has 6 nitrogen and oxygen atoms in total. The van der Waals surface area contributed by atoms with E-state index in [1.165, 1.54) is 0 Å². The van der Waals surface area contributed by atoms with E-state index in [0.29, 0.717) is 17.7 Å². The van der Waals surface area contributed by atoms with Gasteiger partial charge < -0.3 is 5.32 Å². The van der Waals surface area contributed by atoms with E-state index < -0.39 is 0 Å². The summed E-state index contributed by atoms with van der Waals surface area (Å²) in [5.41, 5.74) is 3.76. The minimum atomic E-state index is -0.176. The summed E-state index contributed by atoms with van der Waals surface area (Å²) in [6, 6.07) is 14.7. The molecule has 140 valence electrons. The lowest BCUT2D eigenvalue weighted by Gasteiger charge is -2.09. The van der Waals surface area contributed by atoms with Crippen LogP contribution in [0, 0.1) is 11.8 Å². The number of amides is 1. The van der Waals surface area contributed by atoms with Crippen LogP contribution in [0.4, 0.5) is 0 Å². The molecule has 0 radical (unpaired) electrons. The van der Waals surface area contributed by atoms with Gasteiger partial charge in [-0.2, -0.15) is 5.10 Å². The molecule has 0 fully saturated rings. The zero-order chi connectivity index (χ0) is 19.9. The monoisotopic (exact) mass is 379 g/mol. The molecule has 0 saturated heterocycles. The number of hydrogen-bond donors (Lipinski definition) is 1. The van der Waals surface area contributed by atoms with Crippen molar-refractivity contribution in [1.29, 1.82) is 0 Å². The number of carbonyl (C=O) groups excluding carboxylic acids is 1. The van der Waals surface area contributed by atoms with Crippen molar-refractivity contribution in [1.82, 2.24) is 25.1 Å². The van der Waals surface area contributed by atoms with E-state index in [0.717, 1.165) is 16.8 Å². The van der Waals surface area contributed by atoms with Crippen LogP contribution in [0.5, 0.6) is 0 Å². The van der Waals surface area contributed by atoms with Crippen LogP contribution in [0.3, 0.4) is 0 Å². The highest BCUT2D eigenvalue weighted by Crippen LogP contribution is 2.16. The van der Waals surface area contributed by atoms with E-state index in [2.05, 4.69) is 32.2 Å². The van der Waals surface area contributed by atoms with Gasteiger partial charge in [-0.3, -0.25) is 14.8 Å². The molecule has 1 amide bonds. The fourth-order valence-corrected chi connectivity index (χ4v) is 2.75. The third-order valence-corrected chi connectivity index (χ3v) is 4.19. The molecule has 3 heterocycles. The van der Waals surface area contributed by atoms with E-state index in [1.807, 2.05) is 42.6 Å². The van der Waals surface area contributed by atoms with Gasteiger partial charge in [0.05, 0.1) is 11.3 Å². The predicted octanol–water partition coefficient (Wildman–Crippen LogP) is 2.99. The Kier molecular flexibility index (Phi) is 5.40. The zero-order valence-corrected chi connectivity index (χ0v) is 15.5. The Morgan fingerprint density at radius 2 is 1.83 bits per heavy atom. The van der Waals surface area contributed by atoms with Crippen molar-refractivity contribution < 1.29 is 4.79 Å². The van der Waals surface area contributed by atoms with E-state index in [-0.39, 0.29) is 5.91 Å². The van der Waals surface area contributed by atoms with Crippen molar-refractivity contribution in [2.45, 2.75) is 6.54 Å². The van der Waals surface area contributed by atoms with Gasteiger partial charge in [0.15, 0.2) is 0 Å². The molecule has 0 saturated carbocycles. The first kappa shape index (κ1) is 18.1. The summed E-state index contributed by atoms with van der Waals surface area (Å²) in [4.78, 5) is 20.8. The normalized spacial score (nSPS) is 10.1. The molecule has 6 heteroatoms. The fourth-order valence-electron chi connectivity index (χ4n) is 2.75. The highest BCUT2D eigenvalue weighted by molar-refractivity contribution is 5.95. The average molecular weight is 379 g/mol. The molecule has 0 spiro atoms. The predicted molar refractivity (Wildman–Crippen MR) is 109 cm³/mol. The van der Waals surface area contributed by atoms with Gasteiger partial charge in [-0.1, -0.05) is 17.9 Å². The van der Waals surface area contributed by atoms with Crippen LogP contribution in [-0.2, 0) is 6.54 Å². The molecular weight excluding hydrogens is 362 g/mol. The Labute approximate surface area is 168 Å². The molecule has 29 heavy (non-hydrogen) atoms. The van der Waals surface area contributed by atoms with Gasteiger partial charge in [0.1, 0.15) is 0 Å². The summed E-state index contributed by atoms with van der Waals surface area (Å²) < 4.78 is 1.73. The fraction of sp³-hybridized carbons (Fsp3) is 0.0435. The molecule has 3 aromatic heterocycles. The first-order chi connectivity index (χ1) is 14.3. The molecule has 0 bridgehead atoms. The Hall–Kier alpha value is -4.24. The number of nitrogens with zero attached hydrogens (tertiary/aromatic N) is 4. The molecule has 0 aliphatic heterocycles. The number of hydrogen-bond acceptors (Lipinski definition) is 4. The van der Waals surface area contributed by atoms with Crippen molar-refractivity contribution in [3.63, 3.8) is 0 Å². The van der Waals surface area contributed by atoms with Crippen molar-refractivity contribution in [3.8, 4) is 17.5 Å². The van der Waals surface area contributed by atoms with Crippen molar-refractivity contribution in [2.75, 3.05) is 0 Å². The lowest BCUT2D eigenvalue weighted by Crippen LogP contribution is -2.23. The summed E-state index contributed by atoms with van der Waals surface area (Å²) >= 11 is 0. The lowest BCUT2D eigenvalue weighted by molar-refractivity contribution is 0.0951. The molecule has 0 atom stereocenters. The van der Waals surface area contributed by atoms with E-state index in [4.69, 9.17) is 0 Å². The minimum Gasteiger partial charge on any atom is -0.348 e. The van der Waals surface area contributed by atoms with E-state index in [9.17, 15) is 4.79 Å². The smallest absolute Gasteiger partial charge is 0.251 e. The first-order valence-corrected chi connectivity index (χ1v) is 9.03. The number of pyridine rings is 2. The van der Waals surface area contributed by atoms with Gasteiger partial charge in [-0.25, -0.2) is 4.68 Å². The lowest BCUT2D eigenvalue weighted by atomic mass is 10.1. The highest BCUT2D eigenvalue weighted by atomic mass is 16.1. The van der Waals surface area contributed by atoms with Gasteiger partial charge in [-0.15, -0.1) is 0 Å². The first-order valence-electron chi connectivity index (χ1n) is 9.03. The minimum absolute atomic E-state index is 0.176. The Morgan fingerprint density at radius 1 is 0.966 bits per heavy atom. The zero-order valence-electron chi connectivity index (χ0n) is 15.5. The number of nitrogens with one attached hydrogen (secondary N) is 1. The Morgan fingerprint density at radius 3 is 2.55 bits per heavy atom. The van der Waals surface area contributed by atoms with Gasteiger partial charge in [0.2, 0.25) is 0 Å². The molecule has 4 rings (SSSR count). The van der Waals surface area contributed by atoms with Crippen molar-refractivity contribution in [3.05, 3.63) is 108 Å². The standard InChI is InChI=1S/C23H17N5O/c29-23(26-17-19-5-2-11-25-16-19)21-8-9-22(28-13-3-12-27-28)20(14-21)7-6-18-4-1-10-24-15-18/h1-5,8-16H,17H2,(H,26,29). The van der Waals surface area contributed by atoms with Crippen LogP contribution >= 0.6 is 0 Å². The van der Waals surface area contributed by atoms with Crippen LogP contribution in [0.25, 0.3) is 5.69 Å². The molecule has 1 N–H and O–H groups in total. The van der Waals surface area contributed by atoms with Crippen LogP contribution < -0.4 is 5.32 Å². The van der Waals surface area contributed by atoms with E-state index in [1.54, 1.807) is 47.8 Å². The Balaban J connectivity index is 1.62. The second kappa shape index (κ2) is 8.63. The van der Waals surface area contributed by atoms with Crippen LogP contribution in [0.15, 0.2) is 85.7 Å². The summed E-state index contributed by atoms with van der Waals surface area (Å²) in [7, 11) is 0. The molecule has 0 aliphatic carbocycles. The maximum Gasteiger partial charge on any atom is 0.251 e. The summed E-state index contributed by atoms with van der Waals surface area (Å²) in [6.45, 7) is 0.407. The van der Waals surface area contributed by atoms with Crippen molar-refractivity contribution >= 4 is 5.91 Å². The van der Waals surface area contributed by atoms with Crippen LogP contribution in [0.2, 0.25) is 0 Å². The average Bonchev–Trinajstić information content (AvgIpc) is 3.32. The third kappa shape index (κ3) is 4.54. The molecule has 4 aromatic rings. The Bertz CT molecular complexity index is 1160. The molecule has 1 aromatic carbocycles. The highest BCUT2D eigenvalue weighted by Gasteiger charge is 2.10. The number of carbonyl (C=O) groups is 1. The third-order valence-electron chi connectivity index (χ3n) is 4.19. The second-order valence-electron chi connectivity index (χ2n) is 6.22. The number of aromatic nitrogens is 4. The number of benzene rings is 1. The second-order valence-corrected chi connectivity index (χ2v) is 6.22. The maximum atomic E-state index is 12.6. The molecular formula is C23H17N5O. The number of rotatable bonds is 4. The summed E-state index contributed by atoms with van der Waals surface area (Å²) in [6.07, 6.45) is 10.4. The van der Waals surface area contributed by atoms with Crippen LogP contribution in [-0.4, -0.2) is 25.7 Å². The maximum absolute atomic E-state index is 12.6. The van der Waals surface area contributed by atoms with Crippen LogP contribution in [0.1, 0.15) is 27.0 Å².